The van der Waals surface area contributed by atoms with Gasteiger partial charge in [-0.15, -0.1) is 5.10 Å². The Hall–Kier alpha value is -3.80. The number of hydrogen-bond acceptors (Lipinski definition) is 3. The van der Waals surface area contributed by atoms with Crippen LogP contribution in [0.3, 0.4) is 0 Å². The fourth-order valence-electron chi connectivity index (χ4n) is 2.77. The summed E-state index contributed by atoms with van der Waals surface area (Å²) < 4.78 is 14.9. The van der Waals surface area contributed by atoms with Crippen LogP contribution in [0.2, 0.25) is 0 Å². The van der Waals surface area contributed by atoms with E-state index >= 15 is 0 Å². The Balaban J connectivity index is 1.76. The van der Waals surface area contributed by atoms with E-state index in [1.54, 1.807) is 28.9 Å². The van der Waals surface area contributed by atoms with Gasteiger partial charge in [-0.2, -0.15) is 0 Å². The number of carbonyl (C=O) groups is 1. The van der Waals surface area contributed by atoms with Gasteiger partial charge in [0, 0.05) is 11.3 Å². The van der Waals surface area contributed by atoms with Crippen molar-refractivity contribution >= 4 is 11.6 Å². The Kier molecular flexibility index (Phi) is 4.68. The molecule has 1 amide bonds. The van der Waals surface area contributed by atoms with Gasteiger partial charge in [0.25, 0.3) is 5.91 Å². The van der Waals surface area contributed by atoms with E-state index in [1.807, 2.05) is 49.4 Å². The van der Waals surface area contributed by atoms with E-state index in [1.165, 1.54) is 12.1 Å². The van der Waals surface area contributed by atoms with Crippen LogP contribution in [0.15, 0.2) is 78.9 Å². The van der Waals surface area contributed by atoms with Gasteiger partial charge in [0.15, 0.2) is 5.82 Å². The highest BCUT2D eigenvalue weighted by Crippen LogP contribution is 2.22. The molecule has 1 heterocycles. The van der Waals surface area contributed by atoms with Crippen molar-refractivity contribution in [1.82, 2.24) is 14.8 Å². The minimum atomic E-state index is -0.416. The van der Waals surface area contributed by atoms with Crippen LogP contribution in [0.25, 0.3) is 17.1 Å². The normalized spacial score (nSPS) is 10.6. The molecule has 0 saturated carbocycles. The molecular weight excluding hydrogens is 355 g/mol. The molecule has 0 aliphatic heterocycles. The standard InChI is InChI=1S/C22H17FN4O/c1-15-7-13-19(14-8-15)27-21(16-9-11-17(23)12-10-16)25-20(26-27)22(28)24-18-5-3-2-4-6-18/h2-14H,1H3,(H,24,28). The zero-order chi connectivity index (χ0) is 19.5. The maximum Gasteiger partial charge on any atom is 0.295 e. The number of benzene rings is 3. The van der Waals surface area contributed by atoms with Gasteiger partial charge in [0.05, 0.1) is 5.69 Å². The quantitative estimate of drug-likeness (QED) is 0.568. The van der Waals surface area contributed by atoms with Crippen molar-refractivity contribution in [2.75, 3.05) is 5.32 Å². The second-order valence-electron chi connectivity index (χ2n) is 6.33. The maximum atomic E-state index is 13.3. The Morgan fingerprint density at radius 1 is 0.929 bits per heavy atom. The smallest absolute Gasteiger partial charge is 0.295 e. The number of hydrogen-bond donors (Lipinski definition) is 1. The van der Waals surface area contributed by atoms with E-state index in [-0.39, 0.29) is 11.6 Å². The van der Waals surface area contributed by atoms with Crippen molar-refractivity contribution in [3.63, 3.8) is 0 Å². The van der Waals surface area contributed by atoms with Crippen molar-refractivity contribution < 1.29 is 9.18 Å². The molecule has 1 N–H and O–H groups in total. The number of carbonyl (C=O) groups excluding carboxylic acids is 1. The van der Waals surface area contributed by atoms with E-state index in [4.69, 9.17) is 0 Å². The summed E-state index contributed by atoms with van der Waals surface area (Å²) in [6.07, 6.45) is 0. The van der Waals surface area contributed by atoms with E-state index in [9.17, 15) is 9.18 Å². The lowest BCUT2D eigenvalue weighted by molar-refractivity contribution is 0.101. The van der Waals surface area contributed by atoms with Crippen LogP contribution in [-0.2, 0) is 0 Å². The maximum absolute atomic E-state index is 13.3. The number of aryl methyl sites for hydroxylation is 1. The van der Waals surface area contributed by atoms with E-state index < -0.39 is 5.91 Å². The van der Waals surface area contributed by atoms with Gasteiger partial charge in [0.2, 0.25) is 5.82 Å². The molecule has 0 fully saturated rings. The number of nitrogens with zero attached hydrogens (tertiary/aromatic N) is 3. The van der Waals surface area contributed by atoms with Crippen LogP contribution in [0.5, 0.6) is 0 Å². The molecule has 138 valence electrons. The van der Waals surface area contributed by atoms with Crippen LogP contribution in [0.1, 0.15) is 16.2 Å². The molecule has 1 aromatic heterocycles. The fraction of sp³-hybridized carbons (Fsp3) is 0.0455. The zero-order valence-electron chi connectivity index (χ0n) is 15.1. The molecule has 6 heteroatoms. The number of aromatic nitrogens is 3. The number of halogens is 1. The lowest BCUT2D eigenvalue weighted by atomic mass is 10.2. The first kappa shape index (κ1) is 17.6. The largest absolute Gasteiger partial charge is 0.319 e. The van der Waals surface area contributed by atoms with Gasteiger partial charge in [0.1, 0.15) is 5.82 Å². The predicted octanol–water partition coefficient (Wildman–Crippen LogP) is 4.63. The summed E-state index contributed by atoms with van der Waals surface area (Å²) in [6, 6.07) is 22.7. The average Bonchev–Trinajstić information content (AvgIpc) is 3.15. The third kappa shape index (κ3) is 3.66. The number of rotatable bonds is 4. The molecule has 0 atom stereocenters. The van der Waals surface area contributed by atoms with Gasteiger partial charge in [-0.3, -0.25) is 4.79 Å². The van der Waals surface area contributed by atoms with Crippen molar-refractivity contribution in [3.05, 3.63) is 96.1 Å². The minimum Gasteiger partial charge on any atom is -0.319 e. The first-order valence-electron chi connectivity index (χ1n) is 8.76. The Morgan fingerprint density at radius 3 is 2.29 bits per heavy atom. The molecule has 5 nitrogen and oxygen atoms in total. The highest BCUT2D eigenvalue weighted by molar-refractivity contribution is 6.01. The summed E-state index contributed by atoms with van der Waals surface area (Å²) in [5.74, 6) is -0.265. The van der Waals surface area contributed by atoms with Gasteiger partial charge >= 0.3 is 0 Å². The van der Waals surface area contributed by atoms with Gasteiger partial charge in [-0.05, 0) is 55.5 Å². The molecule has 0 radical (unpaired) electrons. The minimum absolute atomic E-state index is 0.0313. The molecule has 28 heavy (non-hydrogen) atoms. The van der Waals surface area contributed by atoms with Crippen LogP contribution in [0.4, 0.5) is 10.1 Å². The van der Waals surface area contributed by atoms with Crippen molar-refractivity contribution in [2.24, 2.45) is 0 Å². The Bertz CT molecular complexity index is 1040. The summed E-state index contributed by atoms with van der Waals surface area (Å²) in [5.41, 5.74) is 3.18. The first-order chi connectivity index (χ1) is 13.6. The molecule has 0 aliphatic rings. The Labute approximate surface area is 161 Å². The summed E-state index contributed by atoms with van der Waals surface area (Å²) in [7, 11) is 0. The van der Waals surface area contributed by atoms with E-state index in [0.29, 0.717) is 17.1 Å². The first-order valence-corrected chi connectivity index (χ1v) is 8.76. The van der Waals surface area contributed by atoms with Crippen LogP contribution in [0, 0.1) is 12.7 Å². The number of anilines is 1. The lowest BCUT2D eigenvalue weighted by Crippen LogP contribution is -2.14. The van der Waals surface area contributed by atoms with Crippen molar-refractivity contribution in [2.45, 2.75) is 6.92 Å². The number of nitrogens with one attached hydrogen (secondary N) is 1. The van der Waals surface area contributed by atoms with Crippen LogP contribution in [-0.4, -0.2) is 20.7 Å². The lowest BCUT2D eigenvalue weighted by Gasteiger charge is -2.06. The third-order valence-electron chi connectivity index (χ3n) is 4.22. The highest BCUT2D eigenvalue weighted by atomic mass is 19.1. The molecule has 0 saturated heterocycles. The zero-order valence-corrected chi connectivity index (χ0v) is 15.1. The number of para-hydroxylation sites is 1. The molecular formula is C22H17FN4O. The Morgan fingerprint density at radius 2 is 1.61 bits per heavy atom. The van der Waals surface area contributed by atoms with Gasteiger partial charge < -0.3 is 5.32 Å². The summed E-state index contributed by atoms with van der Waals surface area (Å²) in [4.78, 5) is 17.1. The van der Waals surface area contributed by atoms with Crippen LogP contribution >= 0.6 is 0 Å². The summed E-state index contributed by atoms with van der Waals surface area (Å²) >= 11 is 0. The molecule has 4 aromatic rings. The van der Waals surface area contributed by atoms with E-state index in [0.717, 1.165) is 11.3 Å². The molecule has 0 spiro atoms. The molecule has 3 aromatic carbocycles. The van der Waals surface area contributed by atoms with Crippen molar-refractivity contribution in [1.29, 1.82) is 0 Å². The van der Waals surface area contributed by atoms with Gasteiger partial charge in [-0.1, -0.05) is 35.9 Å². The molecule has 0 aliphatic carbocycles. The fourth-order valence-corrected chi connectivity index (χ4v) is 2.77. The summed E-state index contributed by atoms with van der Waals surface area (Å²) in [5, 5.41) is 7.19. The second-order valence-corrected chi connectivity index (χ2v) is 6.33. The van der Waals surface area contributed by atoms with Gasteiger partial charge in [-0.25, -0.2) is 14.1 Å². The van der Waals surface area contributed by atoms with E-state index in [2.05, 4.69) is 15.4 Å². The molecule has 0 bridgehead atoms. The highest BCUT2D eigenvalue weighted by Gasteiger charge is 2.19. The summed E-state index contributed by atoms with van der Waals surface area (Å²) in [6.45, 7) is 1.99. The second kappa shape index (κ2) is 7.44. The predicted molar refractivity (Wildman–Crippen MR) is 106 cm³/mol. The third-order valence-corrected chi connectivity index (χ3v) is 4.22. The molecule has 0 unspecified atom stereocenters. The van der Waals surface area contributed by atoms with Crippen molar-refractivity contribution in [3.8, 4) is 17.1 Å². The average molecular weight is 372 g/mol. The topological polar surface area (TPSA) is 59.8 Å². The monoisotopic (exact) mass is 372 g/mol. The van der Waals surface area contributed by atoms with Crippen LogP contribution < -0.4 is 5.32 Å². The molecule has 4 rings (SSSR count). The SMILES string of the molecule is Cc1ccc(-n2nc(C(=O)Nc3ccccc3)nc2-c2ccc(F)cc2)cc1. The number of amides is 1.